The van der Waals surface area contributed by atoms with Crippen LogP contribution < -0.4 is 10.6 Å². The van der Waals surface area contributed by atoms with Crippen molar-refractivity contribution in [1.29, 1.82) is 0 Å². The van der Waals surface area contributed by atoms with Crippen molar-refractivity contribution in [2.45, 2.75) is 77.8 Å². The summed E-state index contributed by atoms with van der Waals surface area (Å²) in [5, 5.41) is 8.72. The lowest BCUT2D eigenvalue weighted by atomic mass is 9.48. The number of fused-ring (bicyclic) bond motifs is 5. The first-order valence-electron chi connectivity index (χ1n) is 12.0. The predicted octanol–water partition coefficient (Wildman–Crippen LogP) is 5.01. The molecule has 2 N–H and O–H groups in total. The molecule has 3 fully saturated rings. The van der Waals surface area contributed by atoms with Gasteiger partial charge in [0.25, 0.3) is 0 Å². The molecule has 3 aliphatic carbocycles. The highest BCUT2D eigenvalue weighted by Gasteiger charge is 2.61. The van der Waals surface area contributed by atoms with Crippen molar-refractivity contribution in [2.24, 2.45) is 34.5 Å². The molecule has 0 bridgehead atoms. The Labute approximate surface area is 190 Å². The topological polar surface area (TPSA) is 58.2 Å². The molecule has 1 aromatic heterocycles. The van der Waals surface area contributed by atoms with E-state index in [1.165, 1.54) is 11.3 Å². The second-order valence-corrected chi connectivity index (χ2v) is 12.4. The van der Waals surface area contributed by atoms with Crippen LogP contribution in [-0.2, 0) is 15.1 Å². The van der Waals surface area contributed by atoms with Crippen LogP contribution in [0.5, 0.6) is 0 Å². The standard InChI is InChI=1S/C26H36N2O2S/c1-24(2,21-6-5-15-31-21)28-23(30)19-9-8-17-16-7-10-20-26(4,14-12-22(29)27-20)18(16)11-13-25(17,19)3/h5-6,12,14-20H,7-11,13H2,1-4H3,(H,27,29)(H,28,30)/t16-,17-,18-,19+,20+,25-,26+/m0/s1. The Balaban J connectivity index is 1.36. The summed E-state index contributed by atoms with van der Waals surface area (Å²) in [5.41, 5.74) is -0.186. The van der Waals surface area contributed by atoms with Crippen molar-refractivity contribution in [3.63, 3.8) is 0 Å². The molecule has 0 spiro atoms. The first-order valence-corrected chi connectivity index (χ1v) is 12.9. The number of carbonyl (C=O) groups is 2. The van der Waals surface area contributed by atoms with Crippen molar-refractivity contribution >= 4 is 23.2 Å². The van der Waals surface area contributed by atoms with Crippen LogP contribution in [-0.4, -0.2) is 17.9 Å². The highest BCUT2D eigenvalue weighted by atomic mass is 32.1. The Morgan fingerprint density at radius 3 is 2.71 bits per heavy atom. The SMILES string of the molecule is CC(C)(NC(=O)[C@H]1CC[C@H]2[C@@H]3CC[C@H]4NC(=O)C=C[C@]4(C)[C@H]3CC[C@]12C)c1cccs1. The van der Waals surface area contributed by atoms with Crippen LogP contribution in [0.3, 0.4) is 0 Å². The van der Waals surface area contributed by atoms with E-state index in [-0.39, 0.29) is 40.1 Å². The maximum absolute atomic E-state index is 13.5. The molecular weight excluding hydrogens is 404 g/mol. The van der Waals surface area contributed by atoms with Crippen molar-refractivity contribution < 1.29 is 9.59 Å². The molecule has 2 amide bonds. The lowest BCUT2D eigenvalue weighted by Crippen LogP contribution is -2.59. The third-order valence-corrected chi connectivity index (χ3v) is 10.8. The third kappa shape index (κ3) is 3.21. The molecule has 0 saturated heterocycles. The number of nitrogens with one attached hydrogen (secondary N) is 2. The van der Waals surface area contributed by atoms with Crippen LogP contribution in [0.15, 0.2) is 29.7 Å². The molecule has 1 aromatic rings. The predicted molar refractivity (Wildman–Crippen MR) is 124 cm³/mol. The van der Waals surface area contributed by atoms with Gasteiger partial charge in [-0.05, 0) is 93.1 Å². The first kappa shape index (κ1) is 21.2. The minimum Gasteiger partial charge on any atom is -0.349 e. The van der Waals surface area contributed by atoms with Gasteiger partial charge in [-0.3, -0.25) is 9.59 Å². The van der Waals surface area contributed by atoms with Crippen LogP contribution >= 0.6 is 11.3 Å². The Kier molecular flexibility index (Phi) is 4.93. The number of thiophene rings is 1. The first-order chi connectivity index (χ1) is 14.6. The molecule has 5 heteroatoms. The molecule has 4 aliphatic rings. The van der Waals surface area contributed by atoms with Gasteiger partial charge in [-0.25, -0.2) is 0 Å². The lowest BCUT2D eigenvalue weighted by molar-refractivity contribution is -0.135. The van der Waals surface area contributed by atoms with Crippen molar-refractivity contribution in [2.75, 3.05) is 0 Å². The quantitative estimate of drug-likeness (QED) is 0.694. The van der Waals surface area contributed by atoms with E-state index < -0.39 is 0 Å². The number of amides is 2. The Morgan fingerprint density at radius 1 is 1.16 bits per heavy atom. The molecule has 3 saturated carbocycles. The zero-order chi connectivity index (χ0) is 22.0. The summed E-state index contributed by atoms with van der Waals surface area (Å²) in [6.45, 7) is 8.99. The zero-order valence-corrected chi connectivity index (χ0v) is 20.1. The summed E-state index contributed by atoms with van der Waals surface area (Å²) in [4.78, 5) is 26.7. The van der Waals surface area contributed by atoms with Gasteiger partial charge in [-0.1, -0.05) is 26.0 Å². The lowest BCUT2D eigenvalue weighted by Gasteiger charge is -2.58. The van der Waals surface area contributed by atoms with Crippen LogP contribution in [0.25, 0.3) is 0 Å². The van der Waals surface area contributed by atoms with Gasteiger partial charge >= 0.3 is 0 Å². The van der Waals surface area contributed by atoms with Gasteiger partial charge in [0.2, 0.25) is 11.8 Å². The van der Waals surface area contributed by atoms with Crippen LogP contribution in [0.4, 0.5) is 0 Å². The van der Waals surface area contributed by atoms with Crippen LogP contribution in [0.1, 0.15) is 71.1 Å². The molecule has 31 heavy (non-hydrogen) atoms. The van der Waals surface area contributed by atoms with Crippen molar-refractivity contribution in [3.05, 3.63) is 34.5 Å². The fraction of sp³-hybridized carbons (Fsp3) is 0.692. The molecule has 168 valence electrons. The summed E-state index contributed by atoms with van der Waals surface area (Å²) >= 11 is 1.71. The molecule has 0 aromatic carbocycles. The van der Waals surface area contributed by atoms with Gasteiger partial charge in [-0.2, -0.15) is 0 Å². The third-order valence-electron chi connectivity index (χ3n) is 9.58. The summed E-state index contributed by atoms with van der Waals surface area (Å²) in [5.74, 6) is 2.27. The van der Waals surface area contributed by atoms with E-state index in [9.17, 15) is 9.59 Å². The van der Waals surface area contributed by atoms with E-state index in [1.807, 2.05) is 0 Å². The maximum atomic E-state index is 13.5. The molecule has 1 aliphatic heterocycles. The van der Waals surface area contributed by atoms with Gasteiger partial charge in [-0.15, -0.1) is 11.3 Å². The summed E-state index contributed by atoms with van der Waals surface area (Å²) < 4.78 is 0. The number of hydrogen-bond acceptors (Lipinski definition) is 3. The molecule has 0 radical (unpaired) electrons. The van der Waals surface area contributed by atoms with Crippen molar-refractivity contribution in [1.82, 2.24) is 10.6 Å². The second kappa shape index (κ2) is 7.19. The number of carbonyl (C=O) groups excluding carboxylic acids is 2. The van der Waals surface area contributed by atoms with Gasteiger partial charge in [0.1, 0.15) is 0 Å². The fourth-order valence-corrected chi connectivity index (χ4v) is 8.66. The maximum Gasteiger partial charge on any atom is 0.243 e. The summed E-state index contributed by atoms with van der Waals surface area (Å²) in [6.07, 6.45) is 10.6. The monoisotopic (exact) mass is 440 g/mol. The average molecular weight is 441 g/mol. The van der Waals surface area contributed by atoms with E-state index in [0.29, 0.717) is 17.8 Å². The second-order valence-electron chi connectivity index (χ2n) is 11.5. The van der Waals surface area contributed by atoms with Crippen LogP contribution in [0.2, 0.25) is 0 Å². The van der Waals surface area contributed by atoms with E-state index in [1.54, 1.807) is 17.4 Å². The van der Waals surface area contributed by atoms with Crippen LogP contribution in [0, 0.1) is 34.5 Å². The highest BCUT2D eigenvalue weighted by molar-refractivity contribution is 7.10. The highest BCUT2D eigenvalue weighted by Crippen LogP contribution is 2.65. The number of hydrogen-bond donors (Lipinski definition) is 2. The largest absolute Gasteiger partial charge is 0.349 e. The molecule has 0 unspecified atom stereocenters. The fourth-order valence-electron chi connectivity index (χ4n) is 7.86. The summed E-state index contributed by atoms with van der Waals surface area (Å²) in [7, 11) is 0. The molecule has 4 nitrogen and oxygen atoms in total. The zero-order valence-electron chi connectivity index (χ0n) is 19.2. The normalized spacial score (nSPS) is 41.7. The van der Waals surface area contributed by atoms with E-state index in [2.05, 4.69) is 61.9 Å². The average Bonchev–Trinajstić information content (AvgIpc) is 3.36. The molecule has 5 rings (SSSR count). The minimum absolute atomic E-state index is 0.0552. The summed E-state index contributed by atoms with van der Waals surface area (Å²) in [6, 6.07) is 4.44. The van der Waals surface area contributed by atoms with Crippen molar-refractivity contribution in [3.8, 4) is 0 Å². The Bertz CT molecular complexity index is 907. The van der Waals surface area contributed by atoms with E-state index in [0.717, 1.165) is 32.1 Å². The molecule has 7 atom stereocenters. The van der Waals surface area contributed by atoms with Gasteiger partial charge in [0, 0.05) is 22.3 Å². The van der Waals surface area contributed by atoms with Gasteiger partial charge < -0.3 is 10.6 Å². The van der Waals surface area contributed by atoms with Gasteiger partial charge in [0.15, 0.2) is 0 Å². The van der Waals surface area contributed by atoms with E-state index in [4.69, 9.17) is 0 Å². The Hall–Kier alpha value is -1.62. The van der Waals surface area contributed by atoms with E-state index >= 15 is 0 Å². The smallest absolute Gasteiger partial charge is 0.243 e. The Morgan fingerprint density at radius 2 is 1.97 bits per heavy atom. The molecular formula is C26H36N2O2S. The number of rotatable bonds is 3. The van der Waals surface area contributed by atoms with Gasteiger partial charge in [0.05, 0.1) is 5.54 Å². The minimum atomic E-state index is -0.326. The molecule has 2 heterocycles.